The number of nitrogens with zero attached hydrogens (tertiary/aromatic N) is 2. The Hall–Kier alpha value is -6.11. The molecule has 0 atom stereocenters. The van der Waals surface area contributed by atoms with E-state index in [0.717, 1.165) is 12.1 Å². The standard InChI is InChI=1S/C47H47N3O15S4/c1-7-49-34-18-14-29-23-32(66(54,55)56)25-36(68(60,61)62)41(29)43(34)46(3,4)38(49)20-9-27(11-22-40(51)48-31-16-12-28(13-17-31)45(52)53)10-21-39-47(5,6)44-35(50(39)8-2)19-15-30-24-33(67(57,58)59)26-37(42(30)44)69(63,64)65/h9-10,12-21,23-26H,7-8,11,22H2,1-6H3,(H5-,48,51,52,53,54,55,56,57,58,59,60,61,62,63,64,65)/p+1. The lowest BCUT2D eigenvalue weighted by molar-refractivity contribution is -0.433. The second-order valence-corrected chi connectivity index (χ2v) is 23.2. The van der Waals surface area contributed by atoms with Gasteiger partial charge in [-0.3, -0.25) is 23.0 Å². The van der Waals surface area contributed by atoms with E-state index in [-0.39, 0.29) is 39.9 Å². The molecule has 0 unspecified atom stereocenters. The second-order valence-electron chi connectivity index (χ2n) is 17.5. The summed E-state index contributed by atoms with van der Waals surface area (Å²) in [5.74, 6) is -1.55. The quantitative estimate of drug-likeness (QED) is 0.0353. The summed E-state index contributed by atoms with van der Waals surface area (Å²) < 4.78 is 143. The molecule has 0 saturated carbocycles. The van der Waals surface area contributed by atoms with Crippen LogP contribution in [0.2, 0.25) is 0 Å². The van der Waals surface area contributed by atoms with E-state index in [9.17, 15) is 66.6 Å². The first-order chi connectivity index (χ1) is 31.9. The Morgan fingerprint density at radius 3 is 1.71 bits per heavy atom. The van der Waals surface area contributed by atoms with E-state index in [1.54, 1.807) is 36.4 Å². The Bertz CT molecular complexity index is 3650. The molecule has 364 valence electrons. The third-order valence-corrected chi connectivity index (χ3v) is 15.9. The topological polar surface area (TPSA) is 290 Å². The van der Waals surface area contributed by atoms with Crippen molar-refractivity contribution in [2.24, 2.45) is 0 Å². The first-order valence-corrected chi connectivity index (χ1v) is 26.9. The number of aromatic carboxylic acids is 1. The van der Waals surface area contributed by atoms with Gasteiger partial charge in [0.1, 0.15) is 16.3 Å². The Kier molecular flexibility index (Phi) is 13.0. The summed E-state index contributed by atoms with van der Waals surface area (Å²) in [5.41, 5.74) is 2.21. The fraction of sp³-hybridized carbons (Fsp3) is 0.255. The number of likely N-dealkylation sites (N-methyl/N-ethyl adjacent to an activating group) is 1. The molecule has 5 aromatic rings. The molecule has 0 fully saturated rings. The van der Waals surface area contributed by atoms with Gasteiger partial charge in [-0.1, -0.05) is 32.1 Å². The molecule has 5 aromatic carbocycles. The van der Waals surface area contributed by atoms with Crippen molar-refractivity contribution >= 4 is 96.7 Å². The number of carbonyl (C=O) groups is 2. The van der Waals surface area contributed by atoms with Crippen LogP contribution in [0.3, 0.4) is 0 Å². The monoisotopic (exact) mass is 1020 g/mol. The molecule has 0 saturated heterocycles. The van der Waals surface area contributed by atoms with Gasteiger partial charge in [0.2, 0.25) is 11.6 Å². The lowest BCUT2D eigenvalue weighted by Gasteiger charge is -2.26. The zero-order valence-electron chi connectivity index (χ0n) is 37.9. The number of fused-ring (bicyclic) bond motifs is 6. The molecule has 2 heterocycles. The highest BCUT2D eigenvalue weighted by atomic mass is 32.2. The number of benzene rings is 5. The van der Waals surface area contributed by atoms with Crippen LogP contribution in [0.15, 0.2) is 128 Å². The van der Waals surface area contributed by atoms with Crippen LogP contribution < -0.4 is 10.2 Å². The lowest BCUT2D eigenvalue weighted by atomic mass is 9.79. The molecule has 69 heavy (non-hydrogen) atoms. The van der Waals surface area contributed by atoms with Crippen LogP contribution in [0.1, 0.15) is 75.9 Å². The first-order valence-electron chi connectivity index (χ1n) is 21.2. The zero-order chi connectivity index (χ0) is 51.0. The van der Waals surface area contributed by atoms with Crippen LogP contribution in [0.25, 0.3) is 21.5 Å². The SMILES string of the molecule is CCN1/C(=C/C=C(/C=C/C2=[N+](CC)c3ccc4cc(S(=O)(=O)O)cc(S(=O)(=O)O)c4c3C2(C)C)CCC(=O)Nc2ccc(C(=O)O)cc2)C(C)(C)c2c1ccc1cc(S(=O)(=O)O)cc(S(=O)(=O)O)c21. The molecule has 0 radical (unpaired) electrons. The Morgan fingerprint density at radius 1 is 0.681 bits per heavy atom. The van der Waals surface area contributed by atoms with Crippen molar-refractivity contribution in [2.75, 3.05) is 23.3 Å². The molecule has 0 spiro atoms. The van der Waals surface area contributed by atoms with E-state index >= 15 is 0 Å². The highest BCUT2D eigenvalue weighted by molar-refractivity contribution is 7.87. The molecule has 2 aliphatic heterocycles. The van der Waals surface area contributed by atoms with Gasteiger partial charge in [0, 0.05) is 63.9 Å². The highest BCUT2D eigenvalue weighted by Gasteiger charge is 2.47. The third-order valence-electron chi connectivity index (χ3n) is 12.5. The summed E-state index contributed by atoms with van der Waals surface area (Å²) >= 11 is 0. The van der Waals surface area contributed by atoms with Crippen molar-refractivity contribution in [1.82, 2.24) is 0 Å². The summed E-state index contributed by atoms with van der Waals surface area (Å²) in [7, 11) is -19.9. The van der Waals surface area contributed by atoms with Crippen LogP contribution >= 0.6 is 0 Å². The number of carbonyl (C=O) groups excluding carboxylic acids is 1. The summed E-state index contributed by atoms with van der Waals surface area (Å²) in [6.07, 6.45) is 7.18. The van der Waals surface area contributed by atoms with Gasteiger partial charge in [0.05, 0.1) is 20.8 Å². The first kappa shape index (κ1) is 50.8. The van der Waals surface area contributed by atoms with Crippen LogP contribution in [-0.4, -0.2) is 92.2 Å². The summed E-state index contributed by atoms with van der Waals surface area (Å²) in [6, 6.07) is 15.6. The normalized spacial score (nSPS) is 16.8. The number of hydrogen-bond donors (Lipinski definition) is 6. The van der Waals surface area contributed by atoms with E-state index in [0.29, 0.717) is 70.4 Å². The molecule has 22 heteroatoms. The van der Waals surface area contributed by atoms with Crippen molar-refractivity contribution in [3.05, 3.63) is 125 Å². The maximum Gasteiger partial charge on any atom is 0.335 e. The molecule has 2 aliphatic rings. The number of carboxylic acids is 1. The fourth-order valence-corrected chi connectivity index (χ4v) is 12.2. The van der Waals surface area contributed by atoms with Crippen LogP contribution in [0.4, 0.5) is 17.1 Å². The molecular weight excluding hydrogens is 975 g/mol. The Morgan fingerprint density at radius 2 is 1.22 bits per heavy atom. The second kappa shape index (κ2) is 17.7. The number of rotatable bonds is 14. The summed E-state index contributed by atoms with van der Waals surface area (Å²) in [6.45, 7) is 11.7. The smallest absolute Gasteiger partial charge is 0.335 e. The number of allylic oxidation sites excluding steroid dienone is 6. The maximum atomic E-state index is 13.4. The number of nitrogens with one attached hydrogen (secondary N) is 1. The van der Waals surface area contributed by atoms with Crippen molar-refractivity contribution in [3.63, 3.8) is 0 Å². The molecule has 6 N–H and O–H groups in total. The Balaban J connectivity index is 1.37. The fourth-order valence-electron chi connectivity index (χ4n) is 9.44. The van der Waals surface area contributed by atoms with Gasteiger partial charge in [0.15, 0.2) is 5.71 Å². The van der Waals surface area contributed by atoms with Gasteiger partial charge in [-0.2, -0.15) is 38.2 Å². The van der Waals surface area contributed by atoms with E-state index in [1.165, 1.54) is 36.4 Å². The highest BCUT2D eigenvalue weighted by Crippen LogP contribution is 2.52. The molecule has 0 aliphatic carbocycles. The van der Waals surface area contributed by atoms with Gasteiger partial charge in [-0.15, -0.1) is 0 Å². The number of amides is 1. The molecule has 7 rings (SSSR count). The molecule has 0 aromatic heterocycles. The zero-order valence-corrected chi connectivity index (χ0v) is 41.2. The van der Waals surface area contributed by atoms with Gasteiger partial charge < -0.3 is 15.3 Å². The summed E-state index contributed by atoms with van der Waals surface area (Å²) in [4.78, 5) is 23.9. The van der Waals surface area contributed by atoms with Crippen LogP contribution in [0, 0.1) is 0 Å². The largest absolute Gasteiger partial charge is 0.478 e. The van der Waals surface area contributed by atoms with Crippen molar-refractivity contribution in [1.29, 1.82) is 0 Å². The predicted molar refractivity (Wildman–Crippen MR) is 258 cm³/mol. The van der Waals surface area contributed by atoms with Crippen molar-refractivity contribution in [3.8, 4) is 0 Å². The van der Waals surface area contributed by atoms with Gasteiger partial charge >= 0.3 is 5.97 Å². The van der Waals surface area contributed by atoms with Crippen molar-refractivity contribution < 1.29 is 71.2 Å². The molecular formula is C47H48N3O15S4+. The van der Waals surface area contributed by atoms with Gasteiger partial charge in [0.25, 0.3) is 40.5 Å². The number of hydrogen-bond acceptors (Lipinski definition) is 11. The Labute approximate surface area is 399 Å². The van der Waals surface area contributed by atoms with E-state index in [2.05, 4.69) is 5.32 Å². The lowest BCUT2D eigenvalue weighted by Crippen LogP contribution is -2.28. The number of anilines is 2. The third kappa shape index (κ3) is 9.50. The molecule has 1 amide bonds. The van der Waals surface area contributed by atoms with Gasteiger partial charge in [-0.05, 0) is 123 Å². The predicted octanol–water partition coefficient (Wildman–Crippen LogP) is 7.68. The maximum absolute atomic E-state index is 13.4. The van der Waals surface area contributed by atoms with E-state index in [4.69, 9.17) is 0 Å². The van der Waals surface area contributed by atoms with Crippen molar-refractivity contribution in [2.45, 2.75) is 84.8 Å². The van der Waals surface area contributed by atoms with E-state index in [1.807, 2.05) is 51.0 Å². The van der Waals surface area contributed by atoms with Gasteiger partial charge in [-0.25, -0.2) is 4.79 Å². The average molecular weight is 1020 g/mol. The molecule has 0 bridgehead atoms. The van der Waals surface area contributed by atoms with E-state index < -0.39 is 82.8 Å². The minimum Gasteiger partial charge on any atom is -0.478 e. The average Bonchev–Trinajstić information content (AvgIpc) is 3.61. The number of carboxylic acid groups (broad SMARTS) is 1. The minimum atomic E-state index is -5.06. The minimum absolute atomic E-state index is 0.0280. The molecule has 18 nitrogen and oxygen atoms in total. The van der Waals surface area contributed by atoms with Crippen LogP contribution in [0.5, 0.6) is 0 Å². The van der Waals surface area contributed by atoms with Crippen LogP contribution in [-0.2, 0) is 56.1 Å². The summed E-state index contributed by atoms with van der Waals surface area (Å²) in [5, 5.41) is 12.4.